The van der Waals surface area contributed by atoms with Crippen LogP contribution in [-0.4, -0.2) is 25.3 Å². The third kappa shape index (κ3) is 10.7. The van der Waals surface area contributed by atoms with E-state index >= 15 is 0 Å². The average molecular weight is 473 g/mol. The fourth-order valence-corrected chi connectivity index (χ4v) is 2.76. The van der Waals surface area contributed by atoms with Gasteiger partial charge in [0.2, 0.25) is 0 Å². The van der Waals surface area contributed by atoms with Crippen molar-refractivity contribution in [3.63, 3.8) is 0 Å². The van der Waals surface area contributed by atoms with E-state index < -0.39 is 0 Å². The van der Waals surface area contributed by atoms with Crippen molar-refractivity contribution >= 4 is 5.78 Å². The van der Waals surface area contributed by atoms with Crippen LogP contribution in [0.5, 0.6) is 0 Å². The molecule has 0 unspecified atom stereocenters. The minimum atomic E-state index is 0.0583. The molecule has 2 aromatic heterocycles. The molecule has 0 saturated heterocycles. The summed E-state index contributed by atoms with van der Waals surface area (Å²) in [6.45, 7) is 16.0. The summed E-state index contributed by atoms with van der Waals surface area (Å²) in [5, 5.41) is 0. The van der Waals surface area contributed by atoms with Crippen LogP contribution in [0.2, 0.25) is 0 Å². The zero-order valence-electron chi connectivity index (χ0n) is 22.5. The van der Waals surface area contributed by atoms with Gasteiger partial charge in [0, 0.05) is 35.6 Å². The Bertz CT molecular complexity index is 1120. The van der Waals surface area contributed by atoms with Gasteiger partial charge in [-0.25, -0.2) is 9.97 Å². The zero-order chi connectivity index (χ0) is 26.5. The Morgan fingerprint density at radius 2 is 1.60 bits per heavy atom. The molecular formula is C30H40N4O. The Kier molecular flexibility index (Phi) is 17.4. The number of hydrogen-bond donors (Lipinski definition) is 1. The molecule has 0 aliphatic carbocycles. The number of carbonyl (C=O) groups is 1. The summed E-state index contributed by atoms with van der Waals surface area (Å²) >= 11 is 0. The summed E-state index contributed by atoms with van der Waals surface area (Å²) in [5.41, 5.74) is 4.13. The highest BCUT2D eigenvalue weighted by molar-refractivity contribution is 5.97. The zero-order valence-corrected chi connectivity index (χ0v) is 22.5. The molecule has 5 nitrogen and oxygen atoms in total. The van der Waals surface area contributed by atoms with Gasteiger partial charge in [-0.3, -0.25) is 4.79 Å². The Morgan fingerprint density at radius 3 is 2.23 bits per heavy atom. The lowest BCUT2D eigenvalue weighted by Crippen LogP contribution is -2.04. The second kappa shape index (κ2) is 19.5. The number of rotatable bonds is 4. The van der Waals surface area contributed by atoms with Crippen molar-refractivity contribution < 1.29 is 4.79 Å². The highest BCUT2D eigenvalue weighted by Gasteiger charge is 2.08. The highest BCUT2D eigenvalue weighted by atomic mass is 16.1. The molecule has 0 amide bonds. The maximum atomic E-state index is 12.7. The molecular weight excluding hydrogens is 432 g/mol. The monoisotopic (exact) mass is 472 g/mol. The van der Waals surface area contributed by atoms with Crippen LogP contribution in [-0.2, 0) is 6.42 Å². The van der Waals surface area contributed by atoms with Crippen LogP contribution in [0.3, 0.4) is 0 Å². The topological polar surface area (TPSA) is 63.6 Å². The number of imidazole rings is 2. The summed E-state index contributed by atoms with van der Waals surface area (Å²) < 4.78 is 1.92. The second-order valence-corrected chi connectivity index (χ2v) is 6.04. The molecule has 1 N–H and O–H groups in total. The van der Waals surface area contributed by atoms with E-state index in [4.69, 9.17) is 0 Å². The Balaban J connectivity index is 0.00000132. The summed E-state index contributed by atoms with van der Waals surface area (Å²) in [7, 11) is 0. The molecule has 0 aliphatic rings. The number of H-pyrrole nitrogens is 1. The molecule has 2 heterocycles. The summed E-state index contributed by atoms with van der Waals surface area (Å²) in [6, 6.07) is 15.3. The highest BCUT2D eigenvalue weighted by Crippen LogP contribution is 2.14. The van der Waals surface area contributed by atoms with Gasteiger partial charge in [0.05, 0.1) is 18.9 Å². The first-order chi connectivity index (χ1) is 17.3. The Labute approximate surface area is 211 Å². The molecule has 5 heteroatoms. The van der Waals surface area contributed by atoms with E-state index in [1.54, 1.807) is 25.0 Å². The number of Topliss-reactive ketones (excluding diaryl/α,β-unsaturated/α-hetero) is 1. The molecule has 186 valence electrons. The smallest absolute Gasteiger partial charge is 0.167 e. The van der Waals surface area contributed by atoms with Gasteiger partial charge >= 0.3 is 0 Å². The summed E-state index contributed by atoms with van der Waals surface area (Å²) in [4.78, 5) is 23.6. The molecule has 0 bridgehead atoms. The quantitative estimate of drug-likeness (QED) is 0.247. The van der Waals surface area contributed by atoms with Crippen LogP contribution in [0.4, 0.5) is 0 Å². The molecule has 0 fully saturated rings. The predicted molar refractivity (Wildman–Crippen MR) is 148 cm³/mol. The van der Waals surface area contributed by atoms with Crippen molar-refractivity contribution in [1.82, 2.24) is 19.5 Å². The number of benzene rings is 2. The van der Waals surface area contributed by atoms with Crippen molar-refractivity contribution in [3.05, 3.63) is 102 Å². The number of nitrogens with zero attached hydrogens (tertiary/aromatic N) is 3. The van der Waals surface area contributed by atoms with Crippen LogP contribution >= 0.6 is 0 Å². The van der Waals surface area contributed by atoms with E-state index in [9.17, 15) is 4.79 Å². The van der Waals surface area contributed by atoms with Crippen LogP contribution in [0.25, 0.3) is 5.69 Å². The van der Waals surface area contributed by atoms with Crippen molar-refractivity contribution in [2.75, 3.05) is 0 Å². The van der Waals surface area contributed by atoms with Crippen LogP contribution in [0.15, 0.2) is 79.8 Å². The predicted octanol–water partition coefficient (Wildman–Crippen LogP) is 7.53. The lowest BCUT2D eigenvalue weighted by atomic mass is 10.0. The maximum absolute atomic E-state index is 12.7. The van der Waals surface area contributed by atoms with Crippen LogP contribution in [0.1, 0.15) is 82.6 Å². The Hall–Kier alpha value is -3.91. The first kappa shape index (κ1) is 31.1. The molecule has 0 atom stereocenters. The minimum absolute atomic E-state index is 0.0583. The third-order valence-electron chi connectivity index (χ3n) is 4.10. The van der Waals surface area contributed by atoms with Gasteiger partial charge in [-0.15, -0.1) is 0 Å². The second-order valence-electron chi connectivity index (χ2n) is 6.04. The molecule has 0 aliphatic heterocycles. The standard InChI is InChI=1S/C22H16N4O.4C2H6/c27-22(13-18-4-2-6-21(12-18)26-10-9-23-16-26)19-5-1-3-17(11-19)7-8-20-14-24-15-25-20;4*1-2/h1-6,9-12,14-16H,13H2,(H,24,25);4*1-2H3. The molecule has 35 heavy (non-hydrogen) atoms. The van der Waals surface area contributed by atoms with E-state index in [1.807, 2.05) is 115 Å². The van der Waals surface area contributed by atoms with Crippen molar-refractivity contribution in [2.45, 2.75) is 61.8 Å². The molecule has 0 radical (unpaired) electrons. The van der Waals surface area contributed by atoms with Crippen molar-refractivity contribution in [3.8, 4) is 17.5 Å². The number of nitrogens with one attached hydrogen (secondary N) is 1. The van der Waals surface area contributed by atoms with Crippen LogP contribution < -0.4 is 0 Å². The van der Waals surface area contributed by atoms with Gasteiger partial charge in [0.1, 0.15) is 5.69 Å². The normalized spacial score (nSPS) is 8.57. The largest absolute Gasteiger partial charge is 0.338 e. The van der Waals surface area contributed by atoms with Crippen molar-refractivity contribution in [1.29, 1.82) is 0 Å². The van der Waals surface area contributed by atoms with E-state index in [2.05, 4.69) is 26.8 Å². The maximum Gasteiger partial charge on any atom is 0.167 e. The average Bonchev–Trinajstić information content (AvgIpc) is 3.68. The molecule has 0 spiro atoms. The van der Waals surface area contributed by atoms with Gasteiger partial charge in [0.25, 0.3) is 0 Å². The molecule has 4 aromatic rings. The fraction of sp³-hybridized carbons (Fsp3) is 0.300. The van der Waals surface area contributed by atoms with Gasteiger partial charge in [-0.2, -0.15) is 0 Å². The summed E-state index contributed by atoms with van der Waals surface area (Å²) in [6.07, 6.45) is 8.93. The number of hydrogen-bond acceptors (Lipinski definition) is 3. The van der Waals surface area contributed by atoms with E-state index in [0.29, 0.717) is 12.0 Å². The lowest BCUT2D eigenvalue weighted by molar-refractivity contribution is 0.0993. The molecule has 4 rings (SSSR count). The van der Waals surface area contributed by atoms with Crippen LogP contribution in [0, 0.1) is 11.8 Å². The number of aromatic amines is 1. The number of aromatic nitrogens is 4. The van der Waals surface area contributed by atoms with Crippen molar-refractivity contribution in [2.24, 2.45) is 0 Å². The lowest BCUT2D eigenvalue weighted by Gasteiger charge is -2.06. The van der Waals surface area contributed by atoms with Gasteiger partial charge in [-0.1, -0.05) is 85.6 Å². The number of ketones is 1. The first-order valence-corrected chi connectivity index (χ1v) is 12.5. The minimum Gasteiger partial charge on any atom is -0.338 e. The SMILES string of the molecule is CC.CC.CC.CC.O=C(Cc1cccc(-n2ccnc2)c1)c1cccc(C#Cc2cnc[nH]2)c1. The van der Waals surface area contributed by atoms with Gasteiger partial charge in [0.15, 0.2) is 5.78 Å². The molecule has 2 aromatic carbocycles. The van der Waals surface area contributed by atoms with Gasteiger partial charge in [-0.05, 0) is 35.7 Å². The van der Waals surface area contributed by atoms with E-state index in [1.165, 1.54) is 0 Å². The van der Waals surface area contributed by atoms with E-state index in [-0.39, 0.29) is 5.78 Å². The first-order valence-electron chi connectivity index (χ1n) is 12.5. The third-order valence-corrected chi connectivity index (χ3v) is 4.10. The fourth-order valence-electron chi connectivity index (χ4n) is 2.76. The van der Waals surface area contributed by atoms with E-state index in [0.717, 1.165) is 22.5 Å². The van der Waals surface area contributed by atoms with Gasteiger partial charge < -0.3 is 9.55 Å². The summed E-state index contributed by atoms with van der Waals surface area (Å²) in [5.74, 6) is 6.10. The number of carbonyl (C=O) groups excluding carboxylic acids is 1. The molecule has 0 saturated carbocycles. The Morgan fingerprint density at radius 1 is 0.886 bits per heavy atom.